The minimum absolute atomic E-state index is 0.143. The van der Waals surface area contributed by atoms with Crippen molar-refractivity contribution in [3.8, 4) is 5.75 Å². The van der Waals surface area contributed by atoms with Crippen molar-refractivity contribution in [2.24, 2.45) is 0 Å². The summed E-state index contributed by atoms with van der Waals surface area (Å²) in [7, 11) is -2.20. The molecule has 28 heavy (non-hydrogen) atoms. The molecule has 1 aliphatic rings. The average Bonchev–Trinajstić information content (AvgIpc) is 2.60. The van der Waals surface area contributed by atoms with Gasteiger partial charge < -0.3 is 14.4 Å². The molecule has 0 bridgehead atoms. The lowest BCUT2D eigenvalue weighted by atomic mass is 10.2. The molecule has 0 spiro atoms. The first kappa shape index (κ1) is 22.4. The third-order valence-corrected chi connectivity index (χ3v) is 5.83. The fourth-order valence-electron chi connectivity index (χ4n) is 2.89. The standard InChI is InChI=1S/C19H31N3O5S/c1-15-6-7-16(26-5)17(14-15)28(24,25)20-8-9-21-10-12-22(13-11-21)18(23)27-19(2,3)4/h6-7,14,20H,8-13H2,1-5H3. The number of rotatable bonds is 6. The van der Waals surface area contributed by atoms with Gasteiger partial charge in [0.15, 0.2) is 0 Å². The highest BCUT2D eigenvalue weighted by Crippen LogP contribution is 2.24. The van der Waals surface area contributed by atoms with Crippen LogP contribution in [0.3, 0.4) is 0 Å². The topological polar surface area (TPSA) is 88.2 Å². The van der Waals surface area contributed by atoms with Crippen LogP contribution in [0.25, 0.3) is 0 Å². The number of amides is 1. The highest BCUT2D eigenvalue weighted by atomic mass is 32.2. The van der Waals surface area contributed by atoms with E-state index in [1.165, 1.54) is 7.11 Å². The second-order valence-electron chi connectivity index (χ2n) is 7.86. The highest BCUT2D eigenvalue weighted by molar-refractivity contribution is 7.89. The van der Waals surface area contributed by atoms with E-state index in [2.05, 4.69) is 9.62 Å². The Balaban J connectivity index is 1.83. The van der Waals surface area contributed by atoms with Gasteiger partial charge in [-0.15, -0.1) is 0 Å². The number of hydrogen-bond donors (Lipinski definition) is 1. The van der Waals surface area contributed by atoms with Gasteiger partial charge >= 0.3 is 6.09 Å². The number of carbonyl (C=O) groups excluding carboxylic acids is 1. The first-order valence-electron chi connectivity index (χ1n) is 9.36. The summed E-state index contributed by atoms with van der Waals surface area (Å²) in [5, 5.41) is 0. The Hall–Kier alpha value is -1.84. The van der Waals surface area contributed by atoms with Gasteiger partial charge in [0.1, 0.15) is 16.2 Å². The maximum atomic E-state index is 12.6. The molecule has 1 aromatic rings. The molecule has 1 amide bonds. The van der Waals surface area contributed by atoms with Gasteiger partial charge in [-0.25, -0.2) is 17.9 Å². The molecule has 0 aromatic heterocycles. The van der Waals surface area contributed by atoms with Gasteiger partial charge in [0.25, 0.3) is 0 Å². The molecule has 1 saturated heterocycles. The molecule has 1 N–H and O–H groups in total. The van der Waals surface area contributed by atoms with E-state index >= 15 is 0 Å². The molecular weight excluding hydrogens is 382 g/mol. The Kier molecular flexibility index (Phi) is 7.30. The Morgan fingerprint density at radius 2 is 1.82 bits per heavy atom. The smallest absolute Gasteiger partial charge is 0.410 e. The number of carbonyl (C=O) groups is 1. The van der Waals surface area contributed by atoms with Crippen molar-refractivity contribution >= 4 is 16.1 Å². The lowest BCUT2D eigenvalue weighted by molar-refractivity contribution is 0.0147. The molecule has 158 valence electrons. The Bertz CT molecular complexity index is 781. The molecule has 1 fully saturated rings. The summed E-state index contributed by atoms with van der Waals surface area (Å²) in [5.41, 5.74) is 0.336. The van der Waals surface area contributed by atoms with Crippen molar-refractivity contribution in [2.75, 3.05) is 46.4 Å². The van der Waals surface area contributed by atoms with Gasteiger partial charge in [0, 0.05) is 39.3 Å². The van der Waals surface area contributed by atoms with Crippen LogP contribution in [-0.2, 0) is 14.8 Å². The van der Waals surface area contributed by atoms with Crippen LogP contribution in [0, 0.1) is 6.92 Å². The molecule has 8 nitrogen and oxygen atoms in total. The lowest BCUT2D eigenvalue weighted by Crippen LogP contribution is -2.51. The van der Waals surface area contributed by atoms with E-state index in [0.29, 0.717) is 38.5 Å². The van der Waals surface area contributed by atoms with Gasteiger partial charge in [0.2, 0.25) is 10.0 Å². The number of benzene rings is 1. The summed E-state index contributed by atoms with van der Waals surface area (Å²) in [6.07, 6.45) is -0.306. The molecule has 1 aliphatic heterocycles. The fraction of sp³-hybridized carbons (Fsp3) is 0.632. The maximum Gasteiger partial charge on any atom is 0.410 e. The van der Waals surface area contributed by atoms with Crippen LogP contribution in [-0.4, -0.2) is 76.3 Å². The quantitative estimate of drug-likeness (QED) is 0.766. The number of methoxy groups -OCH3 is 1. The molecule has 0 unspecified atom stereocenters. The van der Waals surface area contributed by atoms with E-state index in [0.717, 1.165) is 5.56 Å². The molecule has 0 atom stereocenters. The molecule has 2 rings (SSSR count). The molecule has 9 heteroatoms. The summed E-state index contributed by atoms with van der Waals surface area (Å²) < 4.78 is 38.4. The molecular formula is C19H31N3O5S. The van der Waals surface area contributed by atoms with Crippen LogP contribution < -0.4 is 9.46 Å². The van der Waals surface area contributed by atoms with E-state index in [9.17, 15) is 13.2 Å². The molecule has 0 aliphatic carbocycles. The number of nitrogens with one attached hydrogen (secondary N) is 1. The number of aryl methyl sites for hydroxylation is 1. The minimum Gasteiger partial charge on any atom is -0.495 e. The summed E-state index contributed by atoms with van der Waals surface area (Å²) in [6, 6.07) is 5.06. The van der Waals surface area contributed by atoms with Crippen molar-refractivity contribution < 1.29 is 22.7 Å². The number of hydrogen-bond acceptors (Lipinski definition) is 6. The van der Waals surface area contributed by atoms with Gasteiger partial charge in [-0.05, 0) is 45.4 Å². The van der Waals surface area contributed by atoms with Crippen LogP contribution in [0.1, 0.15) is 26.3 Å². The Morgan fingerprint density at radius 3 is 2.39 bits per heavy atom. The van der Waals surface area contributed by atoms with Gasteiger partial charge in [-0.1, -0.05) is 6.07 Å². The van der Waals surface area contributed by atoms with E-state index in [-0.39, 0.29) is 17.5 Å². The van der Waals surface area contributed by atoms with Crippen LogP contribution in [0.15, 0.2) is 23.1 Å². The number of nitrogens with zero attached hydrogens (tertiary/aromatic N) is 2. The summed E-state index contributed by atoms with van der Waals surface area (Å²) in [4.78, 5) is 16.0. The zero-order valence-corrected chi connectivity index (χ0v) is 18.1. The predicted molar refractivity (Wildman–Crippen MR) is 107 cm³/mol. The van der Waals surface area contributed by atoms with Crippen molar-refractivity contribution in [1.29, 1.82) is 0 Å². The van der Waals surface area contributed by atoms with Crippen LogP contribution in [0.4, 0.5) is 4.79 Å². The highest BCUT2D eigenvalue weighted by Gasteiger charge is 2.26. The molecule has 0 radical (unpaired) electrons. The van der Waals surface area contributed by atoms with Crippen molar-refractivity contribution in [3.63, 3.8) is 0 Å². The SMILES string of the molecule is COc1ccc(C)cc1S(=O)(=O)NCCN1CCN(C(=O)OC(C)(C)C)CC1. The lowest BCUT2D eigenvalue weighted by Gasteiger charge is -2.35. The van der Waals surface area contributed by atoms with Crippen molar-refractivity contribution in [1.82, 2.24) is 14.5 Å². The second-order valence-corrected chi connectivity index (χ2v) is 9.60. The first-order chi connectivity index (χ1) is 13.0. The molecule has 1 aromatic carbocycles. The fourth-order valence-corrected chi connectivity index (χ4v) is 4.16. The maximum absolute atomic E-state index is 12.6. The Morgan fingerprint density at radius 1 is 1.18 bits per heavy atom. The molecule has 1 heterocycles. The molecule has 0 saturated carbocycles. The average molecular weight is 414 g/mol. The van der Waals surface area contributed by atoms with Gasteiger partial charge in [-0.3, -0.25) is 4.90 Å². The minimum atomic E-state index is -3.66. The van der Waals surface area contributed by atoms with Crippen LogP contribution in [0.2, 0.25) is 0 Å². The zero-order chi connectivity index (χ0) is 20.9. The van der Waals surface area contributed by atoms with E-state index in [4.69, 9.17) is 9.47 Å². The summed E-state index contributed by atoms with van der Waals surface area (Å²) in [6.45, 7) is 10.7. The van der Waals surface area contributed by atoms with E-state index < -0.39 is 15.6 Å². The van der Waals surface area contributed by atoms with E-state index in [1.807, 2.05) is 33.8 Å². The summed E-state index contributed by atoms with van der Waals surface area (Å²) >= 11 is 0. The third-order valence-electron chi connectivity index (χ3n) is 4.35. The van der Waals surface area contributed by atoms with Crippen LogP contribution >= 0.6 is 0 Å². The Labute approximate surface area is 167 Å². The third kappa shape index (κ3) is 6.35. The number of sulfonamides is 1. The van der Waals surface area contributed by atoms with Gasteiger partial charge in [-0.2, -0.15) is 0 Å². The number of ether oxygens (including phenoxy) is 2. The van der Waals surface area contributed by atoms with Crippen molar-refractivity contribution in [3.05, 3.63) is 23.8 Å². The predicted octanol–water partition coefficient (Wildman–Crippen LogP) is 1.83. The summed E-state index contributed by atoms with van der Waals surface area (Å²) in [5.74, 6) is 0.323. The van der Waals surface area contributed by atoms with Crippen molar-refractivity contribution in [2.45, 2.75) is 38.2 Å². The largest absolute Gasteiger partial charge is 0.495 e. The monoisotopic (exact) mass is 413 g/mol. The zero-order valence-electron chi connectivity index (χ0n) is 17.3. The van der Waals surface area contributed by atoms with Gasteiger partial charge in [0.05, 0.1) is 7.11 Å². The normalized spacial score (nSPS) is 16.1. The second kappa shape index (κ2) is 9.11. The first-order valence-corrected chi connectivity index (χ1v) is 10.8. The van der Waals surface area contributed by atoms with E-state index in [1.54, 1.807) is 17.0 Å². The van der Waals surface area contributed by atoms with Crippen LogP contribution in [0.5, 0.6) is 5.75 Å². The number of piperazine rings is 1.